The molecule has 1 heterocycles. The zero-order valence-corrected chi connectivity index (χ0v) is 22.7. The molecular weight excluding hydrogens is 505 g/mol. The predicted molar refractivity (Wildman–Crippen MR) is 144 cm³/mol. The van der Waals surface area contributed by atoms with Gasteiger partial charge in [0.2, 0.25) is 5.91 Å². The van der Waals surface area contributed by atoms with E-state index in [4.69, 9.17) is 4.98 Å². The number of benzene rings is 2. The first-order valence-corrected chi connectivity index (χ1v) is 14.8. The fourth-order valence-corrected chi connectivity index (χ4v) is 6.11. The Balaban J connectivity index is 1.66. The summed E-state index contributed by atoms with van der Waals surface area (Å²) in [6.45, 7) is 4.13. The number of nitrogens with zero attached hydrogens (tertiary/aromatic N) is 2. The van der Waals surface area contributed by atoms with Crippen LogP contribution < -0.4 is 4.72 Å². The van der Waals surface area contributed by atoms with Crippen LogP contribution in [0, 0.1) is 5.82 Å². The average molecular weight is 540 g/mol. The number of aryl methyl sites for hydroxylation is 2. The van der Waals surface area contributed by atoms with Gasteiger partial charge in [0.05, 0.1) is 17.1 Å². The predicted octanol–water partition coefficient (Wildman–Crippen LogP) is 5.59. The number of sulfonamides is 1. The van der Waals surface area contributed by atoms with Crippen LogP contribution in [0.3, 0.4) is 0 Å². The van der Waals surface area contributed by atoms with E-state index in [9.17, 15) is 18.0 Å². The van der Waals surface area contributed by atoms with E-state index in [2.05, 4.69) is 4.72 Å². The van der Waals surface area contributed by atoms with Gasteiger partial charge in [-0.1, -0.05) is 50.6 Å². The highest BCUT2D eigenvalue weighted by Crippen LogP contribution is 2.30. The fourth-order valence-electron chi connectivity index (χ4n) is 4.87. The summed E-state index contributed by atoms with van der Waals surface area (Å²) in [4.78, 5) is 29.7. The summed E-state index contributed by atoms with van der Waals surface area (Å²) in [5.74, 6) is -0.247. The van der Waals surface area contributed by atoms with E-state index < -0.39 is 21.7 Å². The minimum absolute atomic E-state index is 0.0458. The number of carbonyl (C=O) groups excluding carboxylic acids is 2. The van der Waals surface area contributed by atoms with Crippen molar-refractivity contribution in [2.45, 2.75) is 83.1 Å². The molecule has 0 unspecified atom stereocenters. The van der Waals surface area contributed by atoms with Crippen molar-refractivity contribution in [3.63, 3.8) is 0 Å². The molecule has 0 atom stereocenters. The van der Waals surface area contributed by atoms with Crippen molar-refractivity contribution in [2.75, 3.05) is 0 Å². The molecule has 38 heavy (non-hydrogen) atoms. The van der Waals surface area contributed by atoms with Crippen molar-refractivity contribution < 1.29 is 22.4 Å². The molecule has 0 aliphatic heterocycles. The van der Waals surface area contributed by atoms with Crippen LogP contribution in [0.25, 0.3) is 11.1 Å². The maximum atomic E-state index is 15.5. The Bertz CT molecular complexity index is 1450. The number of rotatable bonds is 10. The molecule has 0 radical (unpaired) electrons. The molecule has 1 aliphatic carbocycles. The van der Waals surface area contributed by atoms with Crippen LogP contribution in [0.1, 0.15) is 86.4 Å². The number of hydrogen-bond acceptors (Lipinski definition) is 5. The van der Waals surface area contributed by atoms with Gasteiger partial charge in [-0.2, -0.15) is 0 Å². The Morgan fingerprint density at radius 1 is 1.08 bits per heavy atom. The van der Waals surface area contributed by atoms with Gasteiger partial charge in [0, 0.05) is 30.4 Å². The third kappa shape index (κ3) is 6.04. The summed E-state index contributed by atoms with van der Waals surface area (Å²) in [7, 11) is -4.14. The summed E-state index contributed by atoms with van der Waals surface area (Å²) < 4.78 is 45.5. The molecule has 0 fully saturated rings. The molecule has 4 rings (SSSR count). The van der Waals surface area contributed by atoms with Gasteiger partial charge < -0.3 is 4.57 Å². The standard InChI is InChI=1S/C29H34FN3O4S/c1-3-5-15-28(35)32-38(36,37)26-14-9-6-11-22(26)20-16-17-21(23(30)18-20)19-33-27(10-4-2)31-24-12-7-8-13-25(34)29(24)33/h6,9,11,14,16-18H,3-5,7-8,10,12-13,15,19H2,1-2H3,(H,32,35). The number of hydrogen-bond donors (Lipinski definition) is 1. The quantitative estimate of drug-likeness (QED) is 0.339. The van der Waals surface area contributed by atoms with Gasteiger partial charge in [-0.3, -0.25) is 9.59 Å². The number of fused-ring (bicyclic) bond motifs is 1. The van der Waals surface area contributed by atoms with E-state index in [-0.39, 0.29) is 23.6 Å². The van der Waals surface area contributed by atoms with Crippen LogP contribution in [0.15, 0.2) is 47.4 Å². The lowest BCUT2D eigenvalue weighted by molar-refractivity contribution is -0.119. The molecule has 1 N–H and O–H groups in total. The molecule has 1 aromatic heterocycles. The van der Waals surface area contributed by atoms with Crippen LogP contribution >= 0.6 is 0 Å². The van der Waals surface area contributed by atoms with Crippen LogP contribution in [-0.4, -0.2) is 29.7 Å². The topological polar surface area (TPSA) is 98.1 Å². The first kappa shape index (κ1) is 27.7. The molecule has 3 aromatic rings. The van der Waals surface area contributed by atoms with E-state index in [1.165, 1.54) is 12.1 Å². The van der Waals surface area contributed by atoms with Crippen molar-refractivity contribution >= 4 is 21.7 Å². The van der Waals surface area contributed by atoms with E-state index in [1.807, 2.05) is 18.4 Å². The molecule has 202 valence electrons. The number of amides is 1. The van der Waals surface area contributed by atoms with E-state index >= 15 is 4.39 Å². The summed E-state index contributed by atoms with van der Waals surface area (Å²) in [6.07, 6.45) is 5.95. The third-order valence-corrected chi connectivity index (χ3v) is 8.23. The van der Waals surface area contributed by atoms with Gasteiger partial charge >= 0.3 is 0 Å². The highest BCUT2D eigenvalue weighted by molar-refractivity contribution is 7.90. The zero-order chi connectivity index (χ0) is 27.3. The number of unbranched alkanes of at least 4 members (excludes halogenated alkanes) is 1. The van der Waals surface area contributed by atoms with Gasteiger partial charge in [-0.25, -0.2) is 22.5 Å². The van der Waals surface area contributed by atoms with Gasteiger partial charge in [-0.15, -0.1) is 0 Å². The lowest BCUT2D eigenvalue weighted by atomic mass is 10.0. The van der Waals surface area contributed by atoms with Gasteiger partial charge in [0.25, 0.3) is 10.0 Å². The first-order valence-electron chi connectivity index (χ1n) is 13.3. The number of Topliss-reactive ketones (excluding diaryl/α,β-unsaturated/α-hetero) is 1. The van der Waals surface area contributed by atoms with Crippen LogP contribution in [0.2, 0.25) is 0 Å². The number of carbonyl (C=O) groups is 2. The number of nitrogens with one attached hydrogen (secondary N) is 1. The molecule has 1 amide bonds. The average Bonchev–Trinajstić information content (AvgIpc) is 3.12. The minimum atomic E-state index is -4.14. The number of imidazole rings is 1. The van der Waals surface area contributed by atoms with Crippen molar-refractivity contribution in [1.29, 1.82) is 0 Å². The smallest absolute Gasteiger partial charge is 0.264 e. The van der Waals surface area contributed by atoms with Crippen molar-refractivity contribution in [2.24, 2.45) is 0 Å². The van der Waals surface area contributed by atoms with E-state index in [1.54, 1.807) is 30.3 Å². The van der Waals surface area contributed by atoms with E-state index in [0.717, 1.165) is 43.6 Å². The molecule has 1 aliphatic rings. The second-order valence-corrected chi connectivity index (χ2v) is 11.4. The number of halogens is 1. The molecular formula is C29H34FN3O4S. The lowest BCUT2D eigenvalue weighted by Crippen LogP contribution is -2.30. The molecule has 0 spiro atoms. The lowest BCUT2D eigenvalue weighted by Gasteiger charge is -2.15. The first-order chi connectivity index (χ1) is 18.2. The third-order valence-electron chi connectivity index (χ3n) is 6.80. The summed E-state index contributed by atoms with van der Waals surface area (Å²) in [6, 6.07) is 10.8. The second-order valence-electron chi connectivity index (χ2n) is 9.72. The Labute approximate surface area is 223 Å². The second kappa shape index (κ2) is 12.0. The van der Waals surface area contributed by atoms with E-state index in [0.29, 0.717) is 41.6 Å². The van der Waals surface area contributed by atoms with Crippen molar-refractivity contribution in [3.8, 4) is 11.1 Å². The monoisotopic (exact) mass is 539 g/mol. The van der Waals surface area contributed by atoms with Crippen LogP contribution in [0.4, 0.5) is 4.39 Å². The van der Waals surface area contributed by atoms with Gasteiger partial charge in [0.1, 0.15) is 17.3 Å². The minimum Gasteiger partial charge on any atom is -0.321 e. The summed E-state index contributed by atoms with van der Waals surface area (Å²) in [5.41, 5.74) is 2.45. The van der Waals surface area contributed by atoms with Gasteiger partial charge in [-0.05, 0) is 49.8 Å². The maximum Gasteiger partial charge on any atom is 0.264 e. The maximum absolute atomic E-state index is 15.5. The Hall–Kier alpha value is -3.33. The summed E-state index contributed by atoms with van der Waals surface area (Å²) in [5, 5.41) is 0. The highest BCUT2D eigenvalue weighted by atomic mass is 32.2. The zero-order valence-electron chi connectivity index (χ0n) is 21.9. The number of ketones is 1. The molecule has 9 heteroatoms. The van der Waals surface area contributed by atoms with Crippen molar-refractivity contribution in [3.05, 3.63) is 71.1 Å². The number of aromatic nitrogens is 2. The van der Waals surface area contributed by atoms with Crippen LogP contribution in [0.5, 0.6) is 0 Å². The Morgan fingerprint density at radius 2 is 1.84 bits per heavy atom. The largest absolute Gasteiger partial charge is 0.321 e. The molecule has 2 aromatic carbocycles. The highest BCUT2D eigenvalue weighted by Gasteiger charge is 2.26. The SMILES string of the molecule is CCCCC(=O)NS(=O)(=O)c1ccccc1-c1ccc(Cn2c(CCC)nc3c2C(=O)CCCC3)c(F)c1. The molecule has 0 saturated carbocycles. The Kier molecular flexibility index (Phi) is 8.76. The normalized spacial score (nSPS) is 13.7. The van der Waals surface area contributed by atoms with Crippen molar-refractivity contribution in [1.82, 2.24) is 14.3 Å². The van der Waals surface area contributed by atoms with Crippen LogP contribution in [-0.2, 0) is 34.2 Å². The fraction of sp³-hybridized carbons (Fsp3) is 0.414. The molecule has 7 nitrogen and oxygen atoms in total. The molecule has 0 saturated heterocycles. The van der Waals surface area contributed by atoms with Gasteiger partial charge in [0.15, 0.2) is 5.78 Å². The molecule has 0 bridgehead atoms. The summed E-state index contributed by atoms with van der Waals surface area (Å²) >= 11 is 0. The Morgan fingerprint density at radius 3 is 2.58 bits per heavy atom.